The summed E-state index contributed by atoms with van der Waals surface area (Å²) in [5, 5.41) is 68.7. The lowest BCUT2D eigenvalue weighted by atomic mass is 9.38. The predicted molar refractivity (Wildman–Crippen MR) is 408 cm³/mol. The van der Waals surface area contributed by atoms with Crippen LogP contribution in [0.4, 0.5) is 11.6 Å². The molecule has 112 heavy (non-hydrogen) atoms. The van der Waals surface area contributed by atoms with Crippen molar-refractivity contribution >= 4 is 92.8 Å². The van der Waals surface area contributed by atoms with Crippen molar-refractivity contribution in [2.75, 3.05) is 24.2 Å². The zero-order valence-corrected chi connectivity index (χ0v) is 66.0. The SMILES string of the molecule is CC(=O)O[C@@H]1C(=O)[C@@]2(C)[C@H](O)C[C@@H]3OC[C@]3(OC(C)=O)[C@]2(C)[C@@H](OC(=O)c2ccccc2)[C@@]2(O)C[C@@H](OC(=O)[C@@H](O)[C@H](NC(=O)c3cccc(C[Si](C)(C)O[Si](C)(C)CCn4cc(CCNC(=O)CC[C@H](NC(=O)c5ccc(NCc6cnc7nc(N)[nH]c(=O)c7n6)cc5)C(=O)O)nn4)c3)c3ccccc3)C(C)=C1C2(C)C. The van der Waals surface area contributed by atoms with E-state index in [4.69, 9.17) is 33.5 Å². The monoisotopic (exact) mass is 1570 g/mol. The highest BCUT2D eigenvalue weighted by Gasteiger charge is 2.84. The van der Waals surface area contributed by atoms with E-state index in [1.807, 2.05) is 6.07 Å². The number of H-pyrrole nitrogens is 1. The molecule has 12 atom stereocenters. The Morgan fingerprint density at radius 3 is 2.15 bits per heavy atom. The quantitative estimate of drug-likeness (QED) is 0.0120. The first-order chi connectivity index (χ1) is 52.8. The van der Waals surface area contributed by atoms with Crippen molar-refractivity contribution in [1.29, 1.82) is 0 Å². The van der Waals surface area contributed by atoms with Gasteiger partial charge in [-0.15, -0.1) is 5.10 Å². The molecule has 11 N–H and O–H groups in total. The van der Waals surface area contributed by atoms with Gasteiger partial charge in [0.1, 0.15) is 30.0 Å². The number of ether oxygens (including phenoxy) is 5. The summed E-state index contributed by atoms with van der Waals surface area (Å²) in [5.41, 5.74) is -2.11. The van der Waals surface area contributed by atoms with Crippen LogP contribution < -0.4 is 32.6 Å². The summed E-state index contributed by atoms with van der Waals surface area (Å²) in [7, 11) is -5.00. The Hall–Kier alpha value is -10.8. The van der Waals surface area contributed by atoms with Crippen LogP contribution in [-0.4, -0.2) is 192 Å². The van der Waals surface area contributed by atoms with E-state index < -0.39 is 158 Å². The van der Waals surface area contributed by atoms with Gasteiger partial charge in [0, 0.05) is 81.0 Å². The molecule has 34 heteroatoms. The second-order valence-corrected chi connectivity index (χ2v) is 39.9. The largest absolute Gasteiger partial charge is 0.480 e. The zero-order chi connectivity index (χ0) is 81.2. The fourth-order valence-corrected chi connectivity index (χ4v) is 25.0. The van der Waals surface area contributed by atoms with Gasteiger partial charge in [-0.05, 0) is 129 Å². The van der Waals surface area contributed by atoms with Crippen molar-refractivity contribution in [1.82, 2.24) is 50.9 Å². The van der Waals surface area contributed by atoms with Crippen LogP contribution in [0.15, 0.2) is 138 Å². The van der Waals surface area contributed by atoms with Gasteiger partial charge in [0.25, 0.3) is 17.4 Å². The van der Waals surface area contributed by atoms with E-state index in [0.717, 1.165) is 19.4 Å². The van der Waals surface area contributed by atoms with Gasteiger partial charge in [-0.2, -0.15) is 4.98 Å². The minimum absolute atomic E-state index is 0.0254. The Bertz CT molecular complexity index is 4870. The average molecular weight is 1580 g/mol. The molecule has 1 aliphatic heterocycles. The number of carboxylic acid groups (broad SMARTS) is 1. The van der Waals surface area contributed by atoms with Gasteiger partial charge >= 0.3 is 29.8 Å². The number of aliphatic hydroxyl groups is 3. The van der Waals surface area contributed by atoms with Crippen molar-refractivity contribution in [3.8, 4) is 0 Å². The maximum atomic E-state index is 16.0. The molecule has 4 aromatic carbocycles. The number of nitrogen functional groups attached to an aromatic ring is 1. The summed E-state index contributed by atoms with van der Waals surface area (Å²) in [6.45, 7) is 18.5. The van der Waals surface area contributed by atoms with Gasteiger partial charge in [0.05, 0.1) is 59.3 Å². The summed E-state index contributed by atoms with van der Waals surface area (Å²) >= 11 is 0. The van der Waals surface area contributed by atoms with Crippen LogP contribution in [0.5, 0.6) is 0 Å². The first-order valence-corrected chi connectivity index (χ1v) is 43.0. The van der Waals surface area contributed by atoms with Crippen molar-refractivity contribution in [2.45, 2.75) is 192 Å². The number of carbonyl (C=O) groups excluding carboxylic acids is 8. The summed E-state index contributed by atoms with van der Waals surface area (Å²) in [5.74, 6) is -8.06. The first-order valence-electron chi connectivity index (χ1n) is 36.8. The molecular formula is C78H94N12O20Si2. The topological polar surface area (TPSA) is 466 Å². The Kier molecular flexibility index (Phi) is 23.9. The van der Waals surface area contributed by atoms with Crippen LogP contribution in [0, 0.1) is 16.2 Å². The number of amides is 3. The highest BCUT2D eigenvalue weighted by atomic mass is 28.4. The number of hydrogen-bond donors (Lipinski definition) is 10. The van der Waals surface area contributed by atoms with Crippen LogP contribution >= 0.6 is 0 Å². The second kappa shape index (κ2) is 32.5. The number of aromatic amines is 1. The van der Waals surface area contributed by atoms with Crippen LogP contribution in [0.25, 0.3) is 11.2 Å². The highest BCUT2D eigenvalue weighted by Crippen LogP contribution is 2.70. The molecule has 4 heterocycles. The minimum atomic E-state index is -2.57. The average Bonchev–Trinajstić information content (AvgIpc) is 0.667. The molecule has 3 aromatic heterocycles. The molecule has 1 saturated heterocycles. The number of esters is 4. The first kappa shape index (κ1) is 82.2. The Morgan fingerprint density at radius 1 is 0.812 bits per heavy atom. The summed E-state index contributed by atoms with van der Waals surface area (Å²) in [6, 6.07) is 27.4. The number of benzene rings is 4. The Balaban J connectivity index is 0.704. The number of aryl methyl sites for hydroxylation is 1. The minimum Gasteiger partial charge on any atom is -0.480 e. The summed E-state index contributed by atoms with van der Waals surface area (Å²) < 4.78 is 39.9. The molecule has 3 amide bonds. The molecule has 2 saturated carbocycles. The van der Waals surface area contributed by atoms with Gasteiger partial charge in [0.15, 0.2) is 51.4 Å². The molecular weight excluding hydrogens is 1480 g/mol. The van der Waals surface area contributed by atoms with E-state index in [1.54, 1.807) is 104 Å². The van der Waals surface area contributed by atoms with Gasteiger partial charge in [-0.3, -0.25) is 43.2 Å². The number of rotatable bonds is 29. The molecule has 0 radical (unpaired) electrons. The van der Waals surface area contributed by atoms with Crippen LogP contribution in [-0.2, 0) is 82.1 Å². The predicted octanol–water partition coefficient (Wildman–Crippen LogP) is 5.47. The number of nitrogens with two attached hydrogens (primary N) is 1. The molecule has 32 nitrogen and oxygen atoms in total. The van der Waals surface area contributed by atoms with Crippen molar-refractivity contribution in [3.05, 3.63) is 182 Å². The lowest BCUT2D eigenvalue weighted by Gasteiger charge is -2.72. The van der Waals surface area contributed by atoms with Crippen LogP contribution in [0.1, 0.15) is 134 Å². The smallest absolute Gasteiger partial charge is 0.338 e. The number of hydrogen-bond acceptors (Lipinski definition) is 26. The zero-order valence-electron chi connectivity index (χ0n) is 64.0. The van der Waals surface area contributed by atoms with E-state index in [-0.39, 0.29) is 83.9 Å². The normalized spacial score (nSPS) is 24.0. The van der Waals surface area contributed by atoms with Gasteiger partial charge in [-0.1, -0.05) is 86.6 Å². The Labute approximate surface area is 646 Å². The van der Waals surface area contributed by atoms with Crippen LogP contribution in [0.3, 0.4) is 0 Å². The summed E-state index contributed by atoms with van der Waals surface area (Å²) in [4.78, 5) is 152. The summed E-state index contributed by atoms with van der Waals surface area (Å²) in [6.07, 6.45) is -8.06. The van der Waals surface area contributed by atoms with Crippen molar-refractivity contribution in [3.63, 3.8) is 0 Å². The maximum absolute atomic E-state index is 16.0. The van der Waals surface area contributed by atoms with E-state index in [1.165, 1.54) is 51.2 Å². The van der Waals surface area contributed by atoms with E-state index >= 15 is 4.79 Å². The molecule has 4 aliphatic rings. The van der Waals surface area contributed by atoms with Crippen molar-refractivity contribution in [2.24, 2.45) is 16.2 Å². The maximum Gasteiger partial charge on any atom is 0.338 e. The molecule has 594 valence electrons. The molecule has 2 bridgehead atoms. The molecule has 7 aromatic rings. The number of aliphatic carboxylic acids is 1. The number of fused-ring (bicyclic) bond motifs is 6. The number of carboxylic acids is 1. The van der Waals surface area contributed by atoms with E-state index in [2.05, 4.69) is 77.7 Å². The third-order valence-corrected chi connectivity index (χ3v) is 29.4. The fourth-order valence-electron chi connectivity index (χ4n) is 16.4. The number of ketones is 1. The second-order valence-electron chi connectivity index (χ2n) is 31.2. The number of nitrogens with zero attached hydrogens (tertiary/aromatic N) is 6. The van der Waals surface area contributed by atoms with Gasteiger partial charge in [-0.25, -0.2) is 24.4 Å². The van der Waals surface area contributed by atoms with E-state index in [9.17, 15) is 63.6 Å². The lowest BCUT2D eigenvalue weighted by molar-refractivity contribution is -0.380. The number of nitrogens with one attached hydrogen (secondary N) is 5. The molecule has 3 fully saturated rings. The number of aliphatic hydroxyl groups excluding tert-OH is 2. The van der Waals surface area contributed by atoms with Gasteiger partial charge < -0.3 is 75.2 Å². The standard InChI is InChI=1S/C78H94N12O20Si2/c1-43-55(37-77(104)72(108-70(102)49-22-16-13-17-23-49)76(7)75(6,56(93)36-57-78(76,42-105-57)109-45(3)92)64(96)63(106-44(2)91)59(43)74(77,4)5)107-71(103)62(95)60(47-20-14-12-15-21-47)85-67(98)50-24-18-19-46(35-50)41-112(10,11)110-111(8,9)34-33-90-40-52(88-89-90)31-32-80-58(94)30-29-54(69(100)101)84-66(97)48-25-27-51(28-26-48)81-38-53-39-82-65-61(83-53)68(99)87-73(79)86-65/h12-28,35,39-40,54-57,60,62-63,72,81,93,95,104H,29-34,36-38,41-42H2,1-11H3,(H,80,94)(H,84,97)(H,85,98)(H,100,101)(H3,79,82,86,87,99)/t54-,55+,56+,57-,60+,62-,63-,72+,75+,76+,77-,78+/m0/s1. The molecule has 11 rings (SSSR count). The third kappa shape index (κ3) is 16.7. The number of Topliss-reactive ketones (excluding diaryl/α,β-unsaturated/α-hetero) is 1. The highest BCUT2D eigenvalue weighted by molar-refractivity contribution is 6.84. The van der Waals surface area contributed by atoms with Crippen LogP contribution in [0.2, 0.25) is 32.2 Å². The number of anilines is 2. The molecule has 0 unspecified atom stereocenters. The molecule has 3 aliphatic carbocycles. The fraction of sp³-hybridized carbons (Fsp3) is 0.449. The third-order valence-electron chi connectivity index (χ3n) is 22.3. The Morgan fingerprint density at radius 2 is 1.49 bits per heavy atom. The van der Waals surface area contributed by atoms with Gasteiger partial charge in [0.2, 0.25) is 11.9 Å². The van der Waals surface area contributed by atoms with E-state index in [0.29, 0.717) is 47.7 Å². The molecule has 0 spiro atoms. The number of carbonyl (C=O) groups is 9. The van der Waals surface area contributed by atoms with Crippen molar-refractivity contribution < 1.29 is 91.4 Å². The lowest BCUT2D eigenvalue weighted by Crippen LogP contribution is -2.86. The number of aromatic nitrogens is 7.